The SMILES string of the molecule is CC(C)(C)CNCC1CNCCO1. The van der Waals surface area contributed by atoms with E-state index in [0.29, 0.717) is 11.5 Å². The van der Waals surface area contributed by atoms with Crippen LogP contribution in [0.5, 0.6) is 0 Å². The van der Waals surface area contributed by atoms with E-state index >= 15 is 0 Å². The zero-order valence-corrected chi connectivity index (χ0v) is 9.02. The molecule has 1 unspecified atom stereocenters. The van der Waals surface area contributed by atoms with Crippen LogP contribution in [0.1, 0.15) is 20.8 Å². The van der Waals surface area contributed by atoms with E-state index in [9.17, 15) is 0 Å². The summed E-state index contributed by atoms with van der Waals surface area (Å²) < 4.78 is 5.57. The summed E-state index contributed by atoms with van der Waals surface area (Å²) in [5, 5.41) is 6.75. The van der Waals surface area contributed by atoms with Crippen molar-refractivity contribution in [1.82, 2.24) is 10.6 Å². The van der Waals surface area contributed by atoms with E-state index in [4.69, 9.17) is 4.74 Å². The predicted octanol–water partition coefficient (Wildman–Crippen LogP) is 0.611. The molecular formula is C10H22N2O. The van der Waals surface area contributed by atoms with Gasteiger partial charge in [-0.1, -0.05) is 20.8 Å². The Morgan fingerprint density at radius 3 is 2.77 bits per heavy atom. The largest absolute Gasteiger partial charge is 0.374 e. The molecule has 0 spiro atoms. The van der Waals surface area contributed by atoms with Crippen LogP contribution in [0, 0.1) is 5.41 Å². The third kappa shape index (κ3) is 5.24. The smallest absolute Gasteiger partial charge is 0.0824 e. The van der Waals surface area contributed by atoms with E-state index in [0.717, 1.165) is 32.8 Å². The number of ether oxygens (including phenoxy) is 1. The van der Waals surface area contributed by atoms with Crippen LogP contribution in [0.3, 0.4) is 0 Å². The Kier molecular flexibility index (Phi) is 4.16. The van der Waals surface area contributed by atoms with Gasteiger partial charge in [0, 0.05) is 26.2 Å². The third-order valence-electron chi connectivity index (χ3n) is 2.03. The van der Waals surface area contributed by atoms with E-state index in [1.165, 1.54) is 0 Å². The summed E-state index contributed by atoms with van der Waals surface area (Å²) in [7, 11) is 0. The van der Waals surface area contributed by atoms with Crippen LogP contribution in [0.25, 0.3) is 0 Å². The fourth-order valence-electron chi connectivity index (χ4n) is 1.36. The second-order valence-corrected chi connectivity index (χ2v) is 4.89. The minimum atomic E-state index is 0.357. The molecule has 1 rings (SSSR count). The predicted molar refractivity (Wildman–Crippen MR) is 54.9 cm³/mol. The topological polar surface area (TPSA) is 33.3 Å². The summed E-state index contributed by atoms with van der Waals surface area (Å²) in [5.41, 5.74) is 0.363. The summed E-state index contributed by atoms with van der Waals surface area (Å²) in [5.74, 6) is 0. The number of nitrogens with one attached hydrogen (secondary N) is 2. The van der Waals surface area contributed by atoms with Crippen LogP contribution < -0.4 is 10.6 Å². The minimum Gasteiger partial charge on any atom is -0.374 e. The molecule has 0 aromatic carbocycles. The van der Waals surface area contributed by atoms with Gasteiger partial charge >= 0.3 is 0 Å². The van der Waals surface area contributed by atoms with Gasteiger partial charge < -0.3 is 15.4 Å². The Morgan fingerprint density at radius 1 is 1.46 bits per heavy atom. The van der Waals surface area contributed by atoms with Gasteiger partial charge in [0.05, 0.1) is 12.7 Å². The molecule has 2 N–H and O–H groups in total. The van der Waals surface area contributed by atoms with Crippen molar-refractivity contribution >= 4 is 0 Å². The quantitative estimate of drug-likeness (QED) is 0.677. The standard InChI is InChI=1S/C10H22N2O/c1-10(2,3)8-12-7-9-6-11-4-5-13-9/h9,11-12H,4-8H2,1-3H3. The van der Waals surface area contributed by atoms with Crippen LogP contribution in [-0.2, 0) is 4.74 Å². The Hall–Kier alpha value is -0.120. The van der Waals surface area contributed by atoms with Gasteiger partial charge in [-0.25, -0.2) is 0 Å². The van der Waals surface area contributed by atoms with Crippen molar-refractivity contribution in [2.45, 2.75) is 26.9 Å². The second-order valence-electron chi connectivity index (χ2n) is 4.89. The van der Waals surface area contributed by atoms with E-state index < -0.39 is 0 Å². The molecule has 0 radical (unpaired) electrons. The van der Waals surface area contributed by atoms with Crippen LogP contribution >= 0.6 is 0 Å². The van der Waals surface area contributed by atoms with Gasteiger partial charge in [0.15, 0.2) is 0 Å². The maximum absolute atomic E-state index is 5.57. The average molecular weight is 186 g/mol. The zero-order valence-electron chi connectivity index (χ0n) is 9.02. The Labute approximate surface area is 81.2 Å². The number of morpholine rings is 1. The maximum atomic E-state index is 5.57. The van der Waals surface area contributed by atoms with E-state index in [2.05, 4.69) is 31.4 Å². The highest BCUT2D eigenvalue weighted by molar-refractivity contribution is 4.72. The first-order valence-corrected chi connectivity index (χ1v) is 5.11. The third-order valence-corrected chi connectivity index (χ3v) is 2.03. The maximum Gasteiger partial charge on any atom is 0.0824 e. The number of hydrogen-bond acceptors (Lipinski definition) is 3. The first-order chi connectivity index (χ1) is 6.08. The molecule has 1 saturated heterocycles. The fraction of sp³-hybridized carbons (Fsp3) is 1.00. The molecule has 0 bridgehead atoms. The average Bonchev–Trinajstić information content (AvgIpc) is 2.04. The van der Waals surface area contributed by atoms with E-state index in [1.807, 2.05) is 0 Å². The molecule has 1 aliphatic rings. The van der Waals surface area contributed by atoms with Gasteiger partial charge in [-0.15, -0.1) is 0 Å². The number of hydrogen-bond donors (Lipinski definition) is 2. The first kappa shape index (κ1) is 11.0. The van der Waals surface area contributed by atoms with Crippen LogP contribution in [0.4, 0.5) is 0 Å². The lowest BCUT2D eigenvalue weighted by Gasteiger charge is -2.26. The fourth-order valence-corrected chi connectivity index (χ4v) is 1.36. The lowest BCUT2D eigenvalue weighted by atomic mass is 9.97. The Morgan fingerprint density at radius 2 is 2.23 bits per heavy atom. The first-order valence-electron chi connectivity index (χ1n) is 5.11. The lowest BCUT2D eigenvalue weighted by molar-refractivity contribution is 0.0282. The van der Waals surface area contributed by atoms with Gasteiger partial charge in [0.25, 0.3) is 0 Å². The Balaban J connectivity index is 2.04. The molecular weight excluding hydrogens is 164 g/mol. The molecule has 1 heterocycles. The molecule has 3 nitrogen and oxygen atoms in total. The van der Waals surface area contributed by atoms with Crippen LogP contribution in [-0.4, -0.2) is 38.9 Å². The second kappa shape index (κ2) is 4.94. The molecule has 1 aliphatic heterocycles. The molecule has 0 aromatic heterocycles. The van der Waals surface area contributed by atoms with Crippen molar-refractivity contribution in [3.63, 3.8) is 0 Å². The Bertz CT molecular complexity index is 136. The molecule has 0 aromatic rings. The highest BCUT2D eigenvalue weighted by Gasteiger charge is 2.14. The summed E-state index contributed by atoms with van der Waals surface area (Å²) in [6.07, 6.45) is 0.357. The highest BCUT2D eigenvalue weighted by atomic mass is 16.5. The van der Waals surface area contributed by atoms with Crippen molar-refractivity contribution in [2.24, 2.45) is 5.41 Å². The highest BCUT2D eigenvalue weighted by Crippen LogP contribution is 2.10. The van der Waals surface area contributed by atoms with E-state index in [-0.39, 0.29) is 0 Å². The lowest BCUT2D eigenvalue weighted by Crippen LogP contribution is -2.45. The molecule has 0 saturated carbocycles. The molecule has 78 valence electrons. The van der Waals surface area contributed by atoms with Crippen molar-refractivity contribution in [3.05, 3.63) is 0 Å². The summed E-state index contributed by atoms with van der Waals surface area (Å²) in [6, 6.07) is 0. The van der Waals surface area contributed by atoms with Crippen molar-refractivity contribution in [1.29, 1.82) is 0 Å². The minimum absolute atomic E-state index is 0.357. The molecule has 1 fully saturated rings. The molecule has 3 heteroatoms. The van der Waals surface area contributed by atoms with Crippen molar-refractivity contribution in [2.75, 3.05) is 32.8 Å². The number of rotatable bonds is 3. The van der Waals surface area contributed by atoms with Gasteiger partial charge in [-0.2, -0.15) is 0 Å². The van der Waals surface area contributed by atoms with Crippen molar-refractivity contribution < 1.29 is 4.74 Å². The van der Waals surface area contributed by atoms with Crippen molar-refractivity contribution in [3.8, 4) is 0 Å². The molecule has 13 heavy (non-hydrogen) atoms. The van der Waals surface area contributed by atoms with Gasteiger partial charge in [-0.3, -0.25) is 0 Å². The van der Waals surface area contributed by atoms with Gasteiger partial charge in [0.2, 0.25) is 0 Å². The normalized spacial score (nSPS) is 24.7. The van der Waals surface area contributed by atoms with Crippen LogP contribution in [0.2, 0.25) is 0 Å². The monoisotopic (exact) mass is 186 g/mol. The molecule has 0 aliphatic carbocycles. The summed E-state index contributed by atoms with van der Waals surface area (Å²) >= 11 is 0. The van der Waals surface area contributed by atoms with Gasteiger partial charge in [-0.05, 0) is 5.41 Å². The molecule has 0 amide bonds. The summed E-state index contributed by atoms with van der Waals surface area (Å²) in [6.45, 7) is 11.5. The summed E-state index contributed by atoms with van der Waals surface area (Å²) in [4.78, 5) is 0. The van der Waals surface area contributed by atoms with Gasteiger partial charge in [0.1, 0.15) is 0 Å². The van der Waals surface area contributed by atoms with Crippen LogP contribution in [0.15, 0.2) is 0 Å². The zero-order chi connectivity index (χ0) is 9.73. The van der Waals surface area contributed by atoms with E-state index in [1.54, 1.807) is 0 Å². The molecule has 1 atom stereocenters.